The van der Waals surface area contributed by atoms with Gasteiger partial charge in [-0.25, -0.2) is 4.98 Å². The van der Waals surface area contributed by atoms with Crippen LogP contribution >= 0.6 is 11.3 Å². The fourth-order valence-corrected chi connectivity index (χ4v) is 2.44. The molecule has 0 aliphatic heterocycles. The molecule has 2 N–H and O–H groups in total. The fraction of sp³-hybridized carbons (Fsp3) is 0.308. The molecule has 0 radical (unpaired) electrons. The van der Waals surface area contributed by atoms with E-state index >= 15 is 0 Å². The number of hydrogen-bond donors (Lipinski definition) is 1. The van der Waals surface area contributed by atoms with Crippen LogP contribution in [0.5, 0.6) is 0 Å². The van der Waals surface area contributed by atoms with Gasteiger partial charge in [-0.05, 0) is 30.5 Å². The van der Waals surface area contributed by atoms with Crippen molar-refractivity contribution >= 4 is 17.0 Å². The lowest BCUT2D eigenvalue weighted by Crippen LogP contribution is -1.92. The van der Waals surface area contributed by atoms with E-state index in [9.17, 15) is 0 Å². The van der Waals surface area contributed by atoms with Gasteiger partial charge in [0.2, 0.25) is 0 Å². The van der Waals surface area contributed by atoms with Crippen LogP contribution in [0.2, 0.25) is 0 Å². The summed E-state index contributed by atoms with van der Waals surface area (Å²) in [4.78, 5) is 4.56. The zero-order valence-corrected chi connectivity index (χ0v) is 10.3. The maximum absolute atomic E-state index is 5.65. The van der Waals surface area contributed by atoms with Gasteiger partial charge in [0.05, 0.1) is 10.7 Å². The first kappa shape index (κ1) is 11.1. The number of thiazole rings is 1. The molecule has 0 aliphatic rings. The Morgan fingerprint density at radius 3 is 2.56 bits per heavy atom. The van der Waals surface area contributed by atoms with Crippen molar-refractivity contribution in [3.05, 3.63) is 45.9 Å². The Bertz CT molecular complexity index is 445. The molecule has 1 heterocycles. The summed E-state index contributed by atoms with van der Waals surface area (Å²) in [6.45, 7) is 2.14. The van der Waals surface area contributed by atoms with Crippen LogP contribution in [0.1, 0.15) is 23.2 Å². The number of nitrogens with zero attached hydrogens (tertiary/aromatic N) is 1. The van der Waals surface area contributed by atoms with E-state index < -0.39 is 0 Å². The third-order valence-electron chi connectivity index (χ3n) is 2.57. The summed E-state index contributed by atoms with van der Waals surface area (Å²) >= 11 is 1.76. The van der Waals surface area contributed by atoms with Gasteiger partial charge in [-0.3, -0.25) is 0 Å². The second-order valence-corrected chi connectivity index (χ2v) is 4.77. The molecule has 0 bridgehead atoms. The number of nitrogens with two attached hydrogens (primary N) is 1. The Morgan fingerprint density at radius 1 is 1.19 bits per heavy atom. The molecular formula is C13H16N2S. The second kappa shape index (κ2) is 5.12. The molecule has 0 saturated heterocycles. The summed E-state index contributed by atoms with van der Waals surface area (Å²) < 4.78 is 0. The second-order valence-electron chi connectivity index (χ2n) is 3.83. The molecule has 0 atom stereocenters. The summed E-state index contributed by atoms with van der Waals surface area (Å²) in [6, 6.07) is 8.08. The van der Waals surface area contributed by atoms with E-state index in [4.69, 9.17) is 5.73 Å². The van der Waals surface area contributed by atoms with Crippen LogP contribution in [0.15, 0.2) is 29.6 Å². The Hall–Kier alpha value is -1.35. The zero-order chi connectivity index (χ0) is 11.4. The average Bonchev–Trinajstić information content (AvgIpc) is 2.76. The highest BCUT2D eigenvalue weighted by atomic mass is 32.1. The summed E-state index contributed by atoms with van der Waals surface area (Å²) in [5.41, 5.74) is 9.00. The van der Waals surface area contributed by atoms with Gasteiger partial charge in [0, 0.05) is 17.5 Å². The lowest BCUT2D eigenvalue weighted by Gasteiger charge is -1.99. The van der Waals surface area contributed by atoms with E-state index in [0.717, 1.165) is 24.9 Å². The molecule has 0 saturated carbocycles. The summed E-state index contributed by atoms with van der Waals surface area (Å²) in [5, 5.41) is 3.38. The third kappa shape index (κ3) is 2.83. The van der Waals surface area contributed by atoms with E-state index in [1.807, 2.05) is 12.1 Å². The average molecular weight is 232 g/mol. The Kier molecular flexibility index (Phi) is 3.57. The zero-order valence-electron chi connectivity index (χ0n) is 9.44. The van der Waals surface area contributed by atoms with E-state index in [1.54, 1.807) is 11.3 Å². The van der Waals surface area contributed by atoms with Crippen molar-refractivity contribution in [2.45, 2.75) is 26.2 Å². The van der Waals surface area contributed by atoms with E-state index in [-0.39, 0.29) is 0 Å². The van der Waals surface area contributed by atoms with Gasteiger partial charge < -0.3 is 5.73 Å². The lowest BCUT2D eigenvalue weighted by molar-refractivity contribution is 0.922. The van der Waals surface area contributed by atoms with Crippen LogP contribution in [0.3, 0.4) is 0 Å². The van der Waals surface area contributed by atoms with Crippen molar-refractivity contribution < 1.29 is 0 Å². The predicted octanol–water partition coefficient (Wildman–Crippen LogP) is 3.07. The maximum atomic E-state index is 5.65. The first-order chi connectivity index (χ1) is 7.78. The van der Waals surface area contributed by atoms with Crippen LogP contribution in [0.4, 0.5) is 5.69 Å². The monoisotopic (exact) mass is 232 g/mol. The Morgan fingerprint density at radius 2 is 1.94 bits per heavy atom. The smallest absolute Gasteiger partial charge is 0.0931 e. The minimum absolute atomic E-state index is 0.825. The quantitative estimate of drug-likeness (QED) is 0.823. The van der Waals surface area contributed by atoms with Crippen molar-refractivity contribution in [3.8, 4) is 0 Å². The summed E-state index contributed by atoms with van der Waals surface area (Å²) in [7, 11) is 0. The molecule has 1 aromatic heterocycles. The molecule has 0 amide bonds. The molecule has 2 nitrogen and oxygen atoms in total. The molecule has 0 spiro atoms. The molecule has 2 rings (SSSR count). The van der Waals surface area contributed by atoms with Crippen molar-refractivity contribution in [2.24, 2.45) is 0 Å². The van der Waals surface area contributed by atoms with Crippen molar-refractivity contribution in [3.63, 3.8) is 0 Å². The third-order valence-corrected chi connectivity index (χ3v) is 3.53. The summed E-state index contributed by atoms with van der Waals surface area (Å²) in [5.74, 6) is 0. The highest BCUT2D eigenvalue weighted by Crippen LogP contribution is 2.14. The minimum Gasteiger partial charge on any atom is -0.399 e. The number of aryl methyl sites for hydroxylation is 3. The van der Waals surface area contributed by atoms with Crippen molar-refractivity contribution in [1.29, 1.82) is 0 Å². The fourth-order valence-electron chi connectivity index (χ4n) is 1.56. The molecule has 1 aromatic carbocycles. The Labute approximate surface area is 100 Å². The molecule has 16 heavy (non-hydrogen) atoms. The normalized spacial score (nSPS) is 10.6. The van der Waals surface area contributed by atoms with Gasteiger partial charge in [-0.15, -0.1) is 11.3 Å². The van der Waals surface area contributed by atoms with Gasteiger partial charge >= 0.3 is 0 Å². The highest BCUT2D eigenvalue weighted by Gasteiger charge is 2.01. The molecule has 2 aromatic rings. The van der Waals surface area contributed by atoms with Crippen LogP contribution < -0.4 is 5.73 Å². The van der Waals surface area contributed by atoms with Crippen LogP contribution in [0.25, 0.3) is 0 Å². The van der Waals surface area contributed by atoms with Crippen molar-refractivity contribution in [2.75, 3.05) is 5.73 Å². The molecule has 84 valence electrons. The van der Waals surface area contributed by atoms with Crippen LogP contribution in [-0.4, -0.2) is 4.98 Å². The van der Waals surface area contributed by atoms with Crippen LogP contribution in [0, 0.1) is 0 Å². The number of benzene rings is 1. The highest BCUT2D eigenvalue weighted by molar-refractivity contribution is 7.09. The van der Waals surface area contributed by atoms with E-state index in [0.29, 0.717) is 0 Å². The maximum Gasteiger partial charge on any atom is 0.0931 e. The number of aromatic nitrogens is 1. The number of rotatable bonds is 4. The van der Waals surface area contributed by atoms with Crippen LogP contribution in [-0.2, 0) is 19.3 Å². The standard InChI is InChI=1S/C13H16N2S/c1-2-12-9-16-13(15-12)8-5-10-3-6-11(14)7-4-10/h3-4,6-7,9H,2,5,8,14H2,1H3. The van der Waals surface area contributed by atoms with E-state index in [1.165, 1.54) is 16.3 Å². The first-order valence-electron chi connectivity index (χ1n) is 5.55. The topological polar surface area (TPSA) is 38.9 Å². The molecule has 3 heteroatoms. The van der Waals surface area contributed by atoms with Crippen molar-refractivity contribution in [1.82, 2.24) is 4.98 Å². The lowest BCUT2D eigenvalue weighted by atomic mass is 10.1. The van der Waals surface area contributed by atoms with Gasteiger partial charge in [0.25, 0.3) is 0 Å². The summed E-state index contributed by atoms with van der Waals surface area (Å²) in [6.07, 6.45) is 3.09. The number of hydrogen-bond acceptors (Lipinski definition) is 3. The molecule has 0 fully saturated rings. The van der Waals surface area contributed by atoms with Gasteiger partial charge in [-0.1, -0.05) is 19.1 Å². The first-order valence-corrected chi connectivity index (χ1v) is 6.43. The minimum atomic E-state index is 0.825. The largest absolute Gasteiger partial charge is 0.399 e. The SMILES string of the molecule is CCc1csc(CCc2ccc(N)cc2)n1. The number of anilines is 1. The molecular weight excluding hydrogens is 216 g/mol. The van der Waals surface area contributed by atoms with Gasteiger partial charge in [0.1, 0.15) is 0 Å². The van der Waals surface area contributed by atoms with E-state index in [2.05, 4.69) is 29.4 Å². The molecule has 0 unspecified atom stereocenters. The van der Waals surface area contributed by atoms with Gasteiger partial charge in [0.15, 0.2) is 0 Å². The van der Waals surface area contributed by atoms with Gasteiger partial charge in [-0.2, -0.15) is 0 Å². The molecule has 0 aliphatic carbocycles. The number of nitrogen functional groups attached to an aromatic ring is 1. The predicted molar refractivity (Wildman–Crippen MR) is 69.8 cm³/mol. The Balaban J connectivity index is 1.94.